The van der Waals surface area contributed by atoms with E-state index in [1.807, 2.05) is 0 Å². The number of carbonyl (C=O) groups excluding carboxylic acids is 2. The minimum atomic E-state index is -1.60. The quantitative estimate of drug-likeness (QED) is 0.0274. The number of rotatable bonds is 36. The van der Waals surface area contributed by atoms with Crippen LogP contribution in [0.3, 0.4) is 0 Å². The highest BCUT2D eigenvalue weighted by molar-refractivity contribution is 5.70. The van der Waals surface area contributed by atoms with Crippen molar-refractivity contribution >= 4 is 11.9 Å². The van der Waals surface area contributed by atoms with Gasteiger partial charge < -0.3 is 39.4 Å². The molecule has 1 saturated heterocycles. The van der Waals surface area contributed by atoms with Crippen LogP contribution < -0.4 is 0 Å². The first kappa shape index (κ1) is 52.4. The molecule has 0 saturated carbocycles. The van der Waals surface area contributed by atoms with E-state index >= 15 is 0 Å². The van der Waals surface area contributed by atoms with Crippen molar-refractivity contribution in [1.29, 1.82) is 0 Å². The van der Waals surface area contributed by atoms with E-state index < -0.39 is 55.4 Å². The van der Waals surface area contributed by atoms with Crippen molar-refractivity contribution in [2.75, 3.05) is 19.8 Å². The molecule has 328 valence electrons. The Morgan fingerprint density at radius 2 is 0.982 bits per heavy atom. The van der Waals surface area contributed by atoms with Gasteiger partial charge in [-0.05, 0) is 83.5 Å². The highest BCUT2D eigenvalue weighted by atomic mass is 16.7. The van der Waals surface area contributed by atoms with Crippen LogP contribution in [0.25, 0.3) is 0 Å². The van der Waals surface area contributed by atoms with Crippen molar-refractivity contribution in [3.63, 3.8) is 0 Å². The standard InChI is InChI=1S/C47H80O10/c1-3-5-7-9-11-13-15-17-18-19-20-21-22-24-25-27-29-31-33-35-42(49)54-38-40(39-55-47-46(53)45(52)44(51)41(37-48)57-47)56-43(50)36-34-32-30-28-26-23-16-14-12-10-8-6-4-2/h11,13-14,16-18,20-21,24-25,40-41,44-48,51-53H,3-10,12,15,19,22-23,26-39H2,1-2H3/b13-11+,16-14+,18-17+,21-20+,25-24+/t40-,41-,44+,45?,46?,47-/m0/s1. The maximum absolute atomic E-state index is 12.7. The zero-order chi connectivity index (χ0) is 41.6. The number of unbranched alkanes of at least 4 members (excludes halogenated alkanes) is 15. The molecular weight excluding hydrogens is 725 g/mol. The van der Waals surface area contributed by atoms with E-state index in [1.165, 1.54) is 51.4 Å². The predicted molar refractivity (Wildman–Crippen MR) is 228 cm³/mol. The van der Waals surface area contributed by atoms with Gasteiger partial charge in [0, 0.05) is 12.8 Å². The van der Waals surface area contributed by atoms with Crippen molar-refractivity contribution < 1.29 is 49.0 Å². The van der Waals surface area contributed by atoms with E-state index in [0.29, 0.717) is 12.8 Å². The summed E-state index contributed by atoms with van der Waals surface area (Å²) in [4.78, 5) is 25.3. The van der Waals surface area contributed by atoms with Crippen LogP contribution in [0.5, 0.6) is 0 Å². The zero-order valence-electron chi connectivity index (χ0n) is 35.6. The highest BCUT2D eigenvalue weighted by Crippen LogP contribution is 2.22. The molecule has 0 amide bonds. The van der Waals surface area contributed by atoms with Crippen molar-refractivity contribution in [3.05, 3.63) is 60.8 Å². The van der Waals surface area contributed by atoms with E-state index in [0.717, 1.165) is 77.0 Å². The Kier molecular flexibility index (Phi) is 34.6. The van der Waals surface area contributed by atoms with Crippen molar-refractivity contribution in [3.8, 4) is 0 Å². The molecule has 1 fully saturated rings. The fourth-order valence-corrected chi connectivity index (χ4v) is 6.28. The van der Waals surface area contributed by atoms with Gasteiger partial charge in [0.1, 0.15) is 31.0 Å². The molecular formula is C47H80O10. The van der Waals surface area contributed by atoms with Crippen LogP contribution in [-0.4, -0.2) is 89.0 Å². The summed E-state index contributed by atoms with van der Waals surface area (Å²) < 4.78 is 22.1. The molecule has 0 aromatic rings. The fourth-order valence-electron chi connectivity index (χ4n) is 6.28. The van der Waals surface area contributed by atoms with Gasteiger partial charge in [-0.3, -0.25) is 9.59 Å². The Labute approximate surface area is 345 Å². The first-order valence-corrected chi connectivity index (χ1v) is 22.4. The Hall–Kier alpha value is -2.60. The van der Waals surface area contributed by atoms with E-state index in [1.54, 1.807) is 0 Å². The molecule has 4 N–H and O–H groups in total. The first-order valence-electron chi connectivity index (χ1n) is 22.4. The Balaban J connectivity index is 2.36. The molecule has 1 rings (SSSR count). The second-order valence-corrected chi connectivity index (χ2v) is 15.1. The van der Waals surface area contributed by atoms with E-state index in [9.17, 15) is 30.0 Å². The van der Waals surface area contributed by atoms with Gasteiger partial charge in [0.2, 0.25) is 0 Å². The summed E-state index contributed by atoms with van der Waals surface area (Å²) in [7, 11) is 0. The summed E-state index contributed by atoms with van der Waals surface area (Å²) in [5, 5.41) is 40.0. The molecule has 0 aliphatic carbocycles. The normalized spacial score (nSPS) is 20.8. The number of carbonyl (C=O) groups is 2. The molecule has 0 radical (unpaired) electrons. The molecule has 1 aliphatic heterocycles. The van der Waals surface area contributed by atoms with Gasteiger partial charge in [0.05, 0.1) is 13.2 Å². The van der Waals surface area contributed by atoms with Crippen LogP contribution in [-0.2, 0) is 28.5 Å². The number of esters is 2. The summed E-state index contributed by atoms with van der Waals surface area (Å²) in [5.41, 5.74) is 0. The minimum Gasteiger partial charge on any atom is -0.462 e. The monoisotopic (exact) mass is 805 g/mol. The lowest BCUT2D eigenvalue weighted by Gasteiger charge is -2.39. The topological polar surface area (TPSA) is 152 Å². The molecule has 57 heavy (non-hydrogen) atoms. The van der Waals surface area contributed by atoms with Gasteiger partial charge in [-0.25, -0.2) is 0 Å². The van der Waals surface area contributed by atoms with Gasteiger partial charge >= 0.3 is 11.9 Å². The average molecular weight is 805 g/mol. The fraction of sp³-hybridized carbons (Fsp3) is 0.745. The molecule has 6 atom stereocenters. The third kappa shape index (κ3) is 29.3. The lowest BCUT2D eigenvalue weighted by Crippen LogP contribution is -2.59. The van der Waals surface area contributed by atoms with Gasteiger partial charge in [-0.15, -0.1) is 0 Å². The average Bonchev–Trinajstić information content (AvgIpc) is 3.21. The molecule has 10 nitrogen and oxygen atoms in total. The maximum atomic E-state index is 12.7. The predicted octanol–water partition coefficient (Wildman–Crippen LogP) is 9.44. The zero-order valence-corrected chi connectivity index (χ0v) is 35.6. The SMILES string of the molecule is CCCCC/C=C/C/C=C/C/C=C/C/C=C/CCCCCC(=O)OC[C@@H](CO[C@H]1O[C@@H](CO)[C@@H](O)C(O)C1O)OC(=O)CCCCCCC/C=C/CCCCCC. The molecule has 2 unspecified atom stereocenters. The summed E-state index contributed by atoms with van der Waals surface area (Å²) >= 11 is 0. The largest absolute Gasteiger partial charge is 0.462 e. The minimum absolute atomic E-state index is 0.210. The Morgan fingerprint density at radius 3 is 1.54 bits per heavy atom. The number of aliphatic hydroxyl groups excluding tert-OH is 4. The molecule has 1 aliphatic rings. The maximum Gasteiger partial charge on any atom is 0.306 e. The number of hydrogen-bond acceptors (Lipinski definition) is 10. The van der Waals surface area contributed by atoms with Crippen LogP contribution in [0.2, 0.25) is 0 Å². The van der Waals surface area contributed by atoms with Gasteiger partial charge in [-0.1, -0.05) is 132 Å². The van der Waals surface area contributed by atoms with Crippen LogP contribution in [0.15, 0.2) is 60.8 Å². The molecule has 0 bridgehead atoms. The van der Waals surface area contributed by atoms with Crippen LogP contribution in [0.1, 0.15) is 168 Å². The second kappa shape index (κ2) is 37.7. The Morgan fingerprint density at radius 1 is 0.544 bits per heavy atom. The van der Waals surface area contributed by atoms with Crippen LogP contribution >= 0.6 is 0 Å². The summed E-state index contributed by atoms with van der Waals surface area (Å²) in [5.74, 6) is -0.857. The third-order valence-electron chi connectivity index (χ3n) is 9.88. The summed E-state index contributed by atoms with van der Waals surface area (Å²) in [6.45, 7) is 3.32. The lowest BCUT2D eigenvalue weighted by molar-refractivity contribution is -0.305. The molecule has 1 heterocycles. The van der Waals surface area contributed by atoms with Gasteiger partial charge in [-0.2, -0.15) is 0 Å². The summed E-state index contributed by atoms with van der Waals surface area (Å²) in [6.07, 6.45) is 37.9. The molecule has 10 heteroatoms. The number of hydrogen-bond donors (Lipinski definition) is 4. The van der Waals surface area contributed by atoms with Gasteiger partial charge in [0.25, 0.3) is 0 Å². The van der Waals surface area contributed by atoms with Crippen molar-refractivity contribution in [1.82, 2.24) is 0 Å². The van der Waals surface area contributed by atoms with Crippen molar-refractivity contribution in [2.24, 2.45) is 0 Å². The lowest BCUT2D eigenvalue weighted by atomic mass is 9.99. The van der Waals surface area contributed by atoms with Crippen LogP contribution in [0.4, 0.5) is 0 Å². The van der Waals surface area contributed by atoms with Gasteiger partial charge in [0.15, 0.2) is 12.4 Å². The van der Waals surface area contributed by atoms with E-state index in [-0.39, 0.29) is 26.1 Å². The Bertz CT molecular complexity index is 1110. The highest BCUT2D eigenvalue weighted by Gasteiger charge is 2.44. The molecule has 0 aromatic heterocycles. The molecule has 0 spiro atoms. The number of ether oxygens (including phenoxy) is 4. The second-order valence-electron chi connectivity index (χ2n) is 15.1. The van der Waals surface area contributed by atoms with E-state index in [4.69, 9.17) is 18.9 Å². The number of aliphatic hydroxyl groups is 4. The van der Waals surface area contributed by atoms with Crippen LogP contribution in [0, 0.1) is 0 Å². The first-order chi connectivity index (χ1) is 27.8. The smallest absolute Gasteiger partial charge is 0.306 e. The number of allylic oxidation sites excluding steroid dienone is 10. The van der Waals surface area contributed by atoms with Crippen molar-refractivity contribution in [2.45, 2.75) is 205 Å². The third-order valence-corrected chi connectivity index (χ3v) is 9.88. The molecule has 0 aromatic carbocycles. The summed E-state index contributed by atoms with van der Waals surface area (Å²) in [6, 6.07) is 0. The van der Waals surface area contributed by atoms with E-state index in [2.05, 4.69) is 74.6 Å².